The molecule has 0 amide bonds. The van der Waals surface area contributed by atoms with E-state index in [2.05, 4.69) is 4.98 Å². The summed E-state index contributed by atoms with van der Waals surface area (Å²) in [5, 5.41) is 20.9. The number of nitro benzene ring substituents is 1. The van der Waals surface area contributed by atoms with Gasteiger partial charge in [-0.15, -0.1) is 0 Å². The van der Waals surface area contributed by atoms with Crippen LogP contribution in [0.4, 0.5) is 5.69 Å². The van der Waals surface area contributed by atoms with Crippen LogP contribution in [0.25, 0.3) is 10.9 Å². The van der Waals surface area contributed by atoms with Crippen LogP contribution in [0.2, 0.25) is 0 Å². The molecule has 1 saturated carbocycles. The van der Waals surface area contributed by atoms with E-state index in [1.165, 1.54) is 0 Å². The molecule has 0 radical (unpaired) electrons. The third-order valence-electron chi connectivity index (χ3n) is 3.89. The summed E-state index contributed by atoms with van der Waals surface area (Å²) in [7, 11) is 0. The Morgan fingerprint density at radius 3 is 2.81 bits per heavy atom. The van der Waals surface area contributed by atoms with E-state index < -0.39 is 12.0 Å². The zero-order chi connectivity index (χ0) is 15.1. The summed E-state index contributed by atoms with van der Waals surface area (Å²) in [4.78, 5) is 25.0. The van der Waals surface area contributed by atoms with E-state index in [4.69, 9.17) is 10.8 Å². The van der Waals surface area contributed by atoms with Gasteiger partial charge in [0.2, 0.25) is 0 Å². The van der Waals surface area contributed by atoms with Crippen LogP contribution in [0, 0.1) is 10.1 Å². The van der Waals surface area contributed by atoms with Crippen molar-refractivity contribution in [2.75, 3.05) is 0 Å². The molecule has 1 aliphatic carbocycles. The lowest BCUT2D eigenvalue weighted by Gasteiger charge is -2.07. The highest BCUT2D eigenvalue weighted by molar-refractivity contribution is 5.94. The number of aromatic nitrogens is 1. The van der Waals surface area contributed by atoms with Crippen molar-refractivity contribution < 1.29 is 14.8 Å². The van der Waals surface area contributed by atoms with Crippen molar-refractivity contribution in [1.29, 1.82) is 0 Å². The first kappa shape index (κ1) is 13.6. The van der Waals surface area contributed by atoms with Gasteiger partial charge in [0.1, 0.15) is 6.04 Å². The highest BCUT2D eigenvalue weighted by Crippen LogP contribution is 2.46. The summed E-state index contributed by atoms with van der Waals surface area (Å²) >= 11 is 0. The van der Waals surface area contributed by atoms with Crippen LogP contribution in [0.1, 0.15) is 29.9 Å². The minimum absolute atomic E-state index is 0.0598. The van der Waals surface area contributed by atoms with Crippen LogP contribution < -0.4 is 5.73 Å². The van der Waals surface area contributed by atoms with E-state index in [-0.39, 0.29) is 22.9 Å². The average molecular weight is 289 g/mol. The van der Waals surface area contributed by atoms with Gasteiger partial charge in [0.15, 0.2) is 0 Å². The minimum Gasteiger partial charge on any atom is -0.480 e. The second kappa shape index (κ2) is 4.85. The lowest BCUT2D eigenvalue weighted by atomic mass is 9.99. The molecule has 4 N–H and O–H groups in total. The van der Waals surface area contributed by atoms with Crippen LogP contribution in [-0.2, 0) is 11.2 Å². The predicted molar refractivity (Wildman–Crippen MR) is 76.2 cm³/mol. The number of nitrogens with one attached hydrogen (secondary N) is 1. The predicted octanol–water partition coefficient (Wildman–Crippen LogP) is 1.91. The number of carboxylic acids is 1. The van der Waals surface area contributed by atoms with E-state index in [0.29, 0.717) is 16.5 Å². The van der Waals surface area contributed by atoms with Gasteiger partial charge in [-0.1, -0.05) is 0 Å². The lowest BCUT2D eigenvalue weighted by molar-refractivity contribution is -0.383. The first-order valence-corrected chi connectivity index (χ1v) is 6.74. The number of benzene rings is 1. The smallest absolute Gasteiger partial charge is 0.320 e. The number of hydrogen-bond donors (Lipinski definition) is 3. The van der Waals surface area contributed by atoms with Crippen LogP contribution in [-0.4, -0.2) is 27.0 Å². The summed E-state index contributed by atoms with van der Waals surface area (Å²) in [6, 6.07) is 2.52. The molecule has 0 unspecified atom stereocenters. The molecule has 1 aromatic heterocycles. The number of rotatable bonds is 5. The SMILES string of the molecule is N[C@@H](Cc1c[nH]c2ccc(C3CC3)c([N+](=O)[O-])c12)C(=O)O. The van der Waals surface area contributed by atoms with E-state index in [1.54, 1.807) is 12.3 Å². The molecule has 7 heteroatoms. The fourth-order valence-corrected chi connectivity index (χ4v) is 2.70. The maximum atomic E-state index is 11.5. The Hall–Kier alpha value is -2.41. The Kier molecular flexibility index (Phi) is 3.13. The van der Waals surface area contributed by atoms with Crippen LogP contribution in [0.15, 0.2) is 18.3 Å². The molecule has 0 bridgehead atoms. The summed E-state index contributed by atoms with van der Waals surface area (Å²) in [6.07, 6.45) is 3.59. The van der Waals surface area contributed by atoms with Gasteiger partial charge in [-0.05, 0) is 36.5 Å². The molecule has 0 saturated heterocycles. The van der Waals surface area contributed by atoms with Gasteiger partial charge in [-0.2, -0.15) is 0 Å². The lowest BCUT2D eigenvalue weighted by Crippen LogP contribution is -2.32. The number of nitrogens with zero attached hydrogens (tertiary/aromatic N) is 1. The molecule has 1 atom stereocenters. The van der Waals surface area contributed by atoms with Gasteiger partial charge in [-0.3, -0.25) is 14.9 Å². The summed E-state index contributed by atoms with van der Waals surface area (Å²) in [5.74, 6) is -0.879. The highest BCUT2D eigenvalue weighted by Gasteiger charge is 2.33. The average Bonchev–Trinajstić information content (AvgIpc) is 3.20. The van der Waals surface area contributed by atoms with Crippen molar-refractivity contribution in [2.45, 2.75) is 31.2 Å². The van der Waals surface area contributed by atoms with Gasteiger partial charge >= 0.3 is 5.97 Å². The van der Waals surface area contributed by atoms with Crippen molar-refractivity contribution in [2.24, 2.45) is 5.73 Å². The largest absolute Gasteiger partial charge is 0.480 e. The molecule has 110 valence electrons. The number of carbonyl (C=O) groups is 1. The van der Waals surface area contributed by atoms with Gasteiger partial charge < -0.3 is 15.8 Å². The second-order valence-corrected chi connectivity index (χ2v) is 5.42. The van der Waals surface area contributed by atoms with Gasteiger partial charge in [0.05, 0.1) is 15.8 Å². The molecule has 1 heterocycles. The van der Waals surface area contributed by atoms with E-state index in [0.717, 1.165) is 18.4 Å². The number of hydrogen-bond acceptors (Lipinski definition) is 4. The molecular formula is C14H15N3O4. The molecule has 0 spiro atoms. The van der Waals surface area contributed by atoms with Crippen LogP contribution in [0.5, 0.6) is 0 Å². The van der Waals surface area contributed by atoms with Gasteiger partial charge in [0, 0.05) is 18.2 Å². The fourth-order valence-electron chi connectivity index (χ4n) is 2.70. The third-order valence-corrected chi connectivity index (χ3v) is 3.89. The Morgan fingerprint density at radius 2 is 2.24 bits per heavy atom. The highest BCUT2D eigenvalue weighted by atomic mass is 16.6. The van der Waals surface area contributed by atoms with Gasteiger partial charge in [0.25, 0.3) is 5.69 Å². The number of nitrogens with two attached hydrogens (primary N) is 1. The molecule has 0 aliphatic heterocycles. The molecule has 3 rings (SSSR count). The normalized spacial score (nSPS) is 16.0. The van der Waals surface area contributed by atoms with E-state index in [1.807, 2.05) is 6.07 Å². The number of nitro groups is 1. The number of aromatic amines is 1. The number of fused-ring (bicyclic) bond motifs is 1. The molecular weight excluding hydrogens is 274 g/mol. The van der Waals surface area contributed by atoms with Gasteiger partial charge in [-0.25, -0.2) is 0 Å². The van der Waals surface area contributed by atoms with Crippen LogP contribution >= 0.6 is 0 Å². The first-order chi connectivity index (χ1) is 9.99. The Labute approximate surface area is 119 Å². The third kappa shape index (κ3) is 2.36. The fraction of sp³-hybridized carbons (Fsp3) is 0.357. The summed E-state index contributed by atoms with van der Waals surface area (Å²) in [6.45, 7) is 0. The van der Waals surface area contributed by atoms with Crippen molar-refractivity contribution in [3.05, 3.63) is 39.6 Å². The maximum Gasteiger partial charge on any atom is 0.320 e. The summed E-state index contributed by atoms with van der Waals surface area (Å²) in [5.41, 5.74) is 7.59. The van der Waals surface area contributed by atoms with Crippen LogP contribution in [0.3, 0.4) is 0 Å². The van der Waals surface area contributed by atoms with Crippen molar-refractivity contribution >= 4 is 22.6 Å². The number of aliphatic carboxylic acids is 1. The standard InChI is InChI=1S/C14H15N3O4/c15-10(14(18)19)5-8-6-16-11-4-3-9(7-1-2-7)13(12(8)11)17(20)21/h3-4,6-7,10,16H,1-2,5,15H2,(H,18,19)/t10-/m0/s1. The second-order valence-electron chi connectivity index (χ2n) is 5.42. The molecule has 1 aliphatic rings. The molecule has 1 aromatic carbocycles. The quantitative estimate of drug-likeness (QED) is 0.573. The zero-order valence-electron chi connectivity index (χ0n) is 11.2. The monoisotopic (exact) mass is 289 g/mol. The van der Waals surface area contributed by atoms with Crippen molar-refractivity contribution in [3.63, 3.8) is 0 Å². The van der Waals surface area contributed by atoms with E-state index >= 15 is 0 Å². The molecule has 21 heavy (non-hydrogen) atoms. The topological polar surface area (TPSA) is 122 Å². The summed E-state index contributed by atoms with van der Waals surface area (Å²) < 4.78 is 0. The zero-order valence-corrected chi connectivity index (χ0v) is 11.2. The van der Waals surface area contributed by atoms with Crippen molar-refractivity contribution in [1.82, 2.24) is 4.98 Å². The molecule has 2 aromatic rings. The Bertz CT molecular complexity index is 733. The van der Waals surface area contributed by atoms with E-state index in [9.17, 15) is 14.9 Å². The Morgan fingerprint density at radius 1 is 1.52 bits per heavy atom. The maximum absolute atomic E-state index is 11.5. The Balaban J connectivity index is 2.15. The molecule has 7 nitrogen and oxygen atoms in total. The number of carboxylic acid groups (broad SMARTS) is 1. The number of H-pyrrole nitrogens is 1. The molecule has 1 fully saturated rings. The first-order valence-electron chi connectivity index (χ1n) is 6.74. The minimum atomic E-state index is -1.12. The van der Waals surface area contributed by atoms with Crippen molar-refractivity contribution in [3.8, 4) is 0 Å².